The highest BCUT2D eigenvalue weighted by Crippen LogP contribution is 2.43. The predicted octanol–water partition coefficient (Wildman–Crippen LogP) is 0.705. The molecular weight excluding hydrogens is 156 g/mol. The minimum Gasteiger partial charge on any atom is -0.393 e. The van der Waals surface area contributed by atoms with Gasteiger partial charge in [-0.2, -0.15) is 0 Å². The van der Waals surface area contributed by atoms with Crippen LogP contribution < -0.4 is 0 Å². The zero-order valence-corrected chi connectivity index (χ0v) is 7.45. The van der Waals surface area contributed by atoms with Crippen molar-refractivity contribution >= 4 is 0 Å². The second-order valence-electron chi connectivity index (χ2n) is 3.94. The predicted molar refractivity (Wildman–Crippen MR) is 44.0 cm³/mol. The van der Waals surface area contributed by atoms with Crippen LogP contribution in [0, 0.1) is 0 Å². The highest BCUT2D eigenvalue weighted by Gasteiger charge is 2.48. The van der Waals surface area contributed by atoms with Gasteiger partial charge in [-0.25, -0.2) is 0 Å². The first kappa shape index (κ1) is 8.48. The van der Waals surface area contributed by atoms with Crippen LogP contribution in [-0.2, 0) is 9.47 Å². The van der Waals surface area contributed by atoms with Crippen molar-refractivity contribution in [2.75, 3.05) is 13.7 Å². The van der Waals surface area contributed by atoms with Crippen molar-refractivity contribution in [2.24, 2.45) is 0 Å². The van der Waals surface area contributed by atoms with Crippen LogP contribution in [0.4, 0.5) is 0 Å². The van der Waals surface area contributed by atoms with Crippen LogP contribution in [0.15, 0.2) is 0 Å². The summed E-state index contributed by atoms with van der Waals surface area (Å²) in [6.45, 7) is 0.706. The molecule has 1 aliphatic carbocycles. The molecule has 0 bridgehead atoms. The highest BCUT2D eigenvalue weighted by atomic mass is 16.5. The van der Waals surface area contributed by atoms with E-state index in [-0.39, 0.29) is 11.7 Å². The molecule has 0 aromatic carbocycles. The fourth-order valence-corrected chi connectivity index (χ4v) is 2.22. The van der Waals surface area contributed by atoms with E-state index in [9.17, 15) is 5.11 Å². The normalized spacial score (nSPS) is 47.5. The summed E-state index contributed by atoms with van der Waals surface area (Å²) in [4.78, 5) is 0. The van der Waals surface area contributed by atoms with Crippen LogP contribution >= 0.6 is 0 Å². The Bertz CT molecular complexity index is 163. The molecule has 1 saturated carbocycles. The molecule has 0 aromatic rings. The number of ether oxygens (including phenoxy) is 2. The molecule has 12 heavy (non-hydrogen) atoms. The van der Waals surface area contributed by atoms with E-state index in [2.05, 4.69) is 0 Å². The van der Waals surface area contributed by atoms with Gasteiger partial charge >= 0.3 is 0 Å². The van der Waals surface area contributed by atoms with Gasteiger partial charge < -0.3 is 14.6 Å². The lowest BCUT2D eigenvalue weighted by atomic mass is 9.72. The number of methoxy groups -OCH3 is 1. The largest absolute Gasteiger partial charge is 0.393 e. The van der Waals surface area contributed by atoms with E-state index in [1.807, 2.05) is 0 Å². The molecule has 2 rings (SSSR count). The summed E-state index contributed by atoms with van der Waals surface area (Å²) in [5.74, 6) is 0. The minimum atomic E-state index is -0.156. The second kappa shape index (κ2) is 2.98. The van der Waals surface area contributed by atoms with Gasteiger partial charge in [0.1, 0.15) is 0 Å². The van der Waals surface area contributed by atoms with E-state index < -0.39 is 0 Å². The van der Waals surface area contributed by atoms with Gasteiger partial charge in [0, 0.05) is 33.0 Å². The first-order chi connectivity index (χ1) is 5.74. The van der Waals surface area contributed by atoms with E-state index in [1.165, 1.54) is 0 Å². The Morgan fingerprint density at radius 2 is 2.17 bits per heavy atom. The van der Waals surface area contributed by atoms with Crippen molar-refractivity contribution in [3.8, 4) is 0 Å². The van der Waals surface area contributed by atoms with Gasteiger partial charge in [-0.3, -0.25) is 0 Å². The Balaban J connectivity index is 1.88. The summed E-state index contributed by atoms with van der Waals surface area (Å²) >= 11 is 0. The van der Waals surface area contributed by atoms with Crippen LogP contribution in [0.1, 0.15) is 25.7 Å². The quantitative estimate of drug-likeness (QED) is 0.633. The number of hydrogen-bond donors (Lipinski definition) is 1. The van der Waals surface area contributed by atoms with Crippen LogP contribution in [0.25, 0.3) is 0 Å². The smallest absolute Gasteiger partial charge is 0.0756 e. The van der Waals surface area contributed by atoms with Gasteiger partial charge in [-0.15, -0.1) is 0 Å². The Kier molecular flexibility index (Phi) is 2.10. The van der Waals surface area contributed by atoms with Gasteiger partial charge in [0.2, 0.25) is 0 Å². The molecule has 1 aliphatic heterocycles. The molecular formula is C9H16O3. The summed E-state index contributed by atoms with van der Waals surface area (Å²) in [7, 11) is 1.73. The minimum absolute atomic E-state index is 0.0294. The molecule has 1 heterocycles. The first-order valence-electron chi connectivity index (χ1n) is 4.59. The summed E-state index contributed by atoms with van der Waals surface area (Å²) in [5.41, 5.74) is -0.0294. The summed E-state index contributed by atoms with van der Waals surface area (Å²) in [5, 5.41) is 9.45. The third-order valence-corrected chi connectivity index (χ3v) is 3.00. The topological polar surface area (TPSA) is 38.7 Å². The molecule has 0 amide bonds. The summed E-state index contributed by atoms with van der Waals surface area (Å²) in [6, 6.07) is 0. The van der Waals surface area contributed by atoms with Crippen LogP contribution in [-0.4, -0.2) is 36.6 Å². The zero-order chi connectivity index (χ0) is 8.60. The average Bonchev–Trinajstić information content (AvgIpc) is 1.99. The molecule has 1 unspecified atom stereocenters. The molecule has 3 nitrogen and oxygen atoms in total. The highest BCUT2D eigenvalue weighted by molar-refractivity contribution is 4.99. The maximum absolute atomic E-state index is 9.45. The van der Waals surface area contributed by atoms with Crippen molar-refractivity contribution < 1.29 is 14.6 Å². The van der Waals surface area contributed by atoms with Gasteiger partial charge in [0.15, 0.2) is 0 Å². The fourth-order valence-electron chi connectivity index (χ4n) is 2.22. The van der Waals surface area contributed by atoms with Crippen molar-refractivity contribution in [1.29, 1.82) is 0 Å². The first-order valence-corrected chi connectivity index (χ1v) is 4.59. The van der Waals surface area contributed by atoms with Crippen LogP contribution in [0.2, 0.25) is 0 Å². The number of aliphatic hydroxyl groups is 1. The van der Waals surface area contributed by atoms with E-state index in [0.29, 0.717) is 12.7 Å². The Labute approximate surface area is 72.7 Å². The molecule has 0 aromatic heterocycles. The maximum atomic E-state index is 9.45. The number of aliphatic hydroxyl groups excluding tert-OH is 1. The molecule has 1 spiro atoms. The molecule has 70 valence electrons. The number of rotatable bonds is 1. The average molecular weight is 172 g/mol. The summed E-state index contributed by atoms with van der Waals surface area (Å²) < 4.78 is 10.9. The Hall–Kier alpha value is -0.120. The van der Waals surface area contributed by atoms with Crippen molar-refractivity contribution in [3.05, 3.63) is 0 Å². The maximum Gasteiger partial charge on any atom is 0.0756 e. The molecule has 2 fully saturated rings. The van der Waals surface area contributed by atoms with Gasteiger partial charge in [0.25, 0.3) is 0 Å². The summed E-state index contributed by atoms with van der Waals surface area (Å²) in [6.07, 6.45) is 3.71. The molecule has 1 N–H and O–H groups in total. The van der Waals surface area contributed by atoms with Crippen LogP contribution in [0.3, 0.4) is 0 Å². The Morgan fingerprint density at radius 3 is 2.75 bits per heavy atom. The van der Waals surface area contributed by atoms with Gasteiger partial charge in [-0.1, -0.05) is 0 Å². The monoisotopic (exact) mass is 172 g/mol. The molecule has 2 aliphatic rings. The SMILES string of the molecule is COC1CC2(CC(O)CCO2)C1. The molecule has 3 heteroatoms. The van der Waals surface area contributed by atoms with Gasteiger partial charge in [0.05, 0.1) is 17.8 Å². The van der Waals surface area contributed by atoms with E-state index in [1.54, 1.807) is 7.11 Å². The Morgan fingerprint density at radius 1 is 1.42 bits per heavy atom. The fraction of sp³-hybridized carbons (Fsp3) is 1.00. The molecule has 1 saturated heterocycles. The van der Waals surface area contributed by atoms with E-state index in [4.69, 9.17) is 9.47 Å². The second-order valence-corrected chi connectivity index (χ2v) is 3.94. The van der Waals surface area contributed by atoms with Crippen molar-refractivity contribution in [1.82, 2.24) is 0 Å². The lowest BCUT2D eigenvalue weighted by Crippen LogP contribution is -2.54. The molecule has 1 atom stereocenters. The third-order valence-electron chi connectivity index (χ3n) is 3.00. The number of hydrogen-bond acceptors (Lipinski definition) is 3. The molecule has 0 radical (unpaired) electrons. The standard InChI is InChI=1S/C9H16O3/c1-11-8-5-9(6-8)4-7(10)2-3-12-9/h7-8,10H,2-6H2,1H3. The zero-order valence-electron chi connectivity index (χ0n) is 7.45. The van der Waals surface area contributed by atoms with E-state index in [0.717, 1.165) is 25.7 Å². The van der Waals surface area contributed by atoms with Crippen molar-refractivity contribution in [3.63, 3.8) is 0 Å². The van der Waals surface area contributed by atoms with Gasteiger partial charge in [-0.05, 0) is 6.42 Å². The van der Waals surface area contributed by atoms with Crippen LogP contribution in [0.5, 0.6) is 0 Å². The van der Waals surface area contributed by atoms with Crippen molar-refractivity contribution in [2.45, 2.75) is 43.5 Å². The third kappa shape index (κ3) is 1.37. The van der Waals surface area contributed by atoms with E-state index >= 15 is 0 Å². The lowest BCUT2D eigenvalue weighted by Gasteiger charge is -2.49. The lowest BCUT2D eigenvalue weighted by molar-refractivity contribution is -0.202.